The molecule has 5 nitrogen and oxygen atoms in total. The molecule has 1 N–H and O–H groups in total. The van der Waals surface area contributed by atoms with E-state index in [2.05, 4.69) is 15.0 Å². The second-order valence-corrected chi connectivity index (χ2v) is 4.22. The number of H-pyrrole nitrogens is 1. The smallest absolute Gasteiger partial charge is 0.270 e. The highest BCUT2D eigenvalue weighted by Gasteiger charge is 2.08. The molecule has 0 aliphatic heterocycles. The minimum absolute atomic E-state index is 0.311. The van der Waals surface area contributed by atoms with Crippen molar-refractivity contribution in [2.75, 3.05) is 0 Å². The third-order valence-corrected chi connectivity index (χ3v) is 2.76. The highest BCUT2D eigenvalue weighted by Crippen LogP contribution is 2.26. The minimum Gasteiger partial charge on any atom is -0.455 e. The number of halogens is 1. The van der Waals surface area contributed by atoms with E-state index >= 15 is 0 Å². The SMILES string of the molecule is Cc1nc2nccc(Oc3cccc(F)c3)c2[nH]c1=O. The van der Waals surface area contributed by atoms with Crippen LogP contribution in [-0.4, -0.2) is 15.0 Å². The number of aryl methyl sites for hydroxylation is 1. The third-order valence-electron chi connectivity index (χ3n) is 2.76. The molecule has 0 aliphatic carbocycles. The molecule has 0 amide bonds. The molecule has 0 radical (unpaired) electrons. The number of nitrogens with one attached hydrogen (secondary N) is 1. The van der Waals surface area contributed by atoms with E-state index in [1.54, 1.807) is 25.1 Å². The Hall–Kier alpha value is -2.76. The van der Waals surface area contributed by atoms with Gasteiger partial charge >= 0.3 is 0 Å². The van der Waals surface area contributed by atoms with Gasteiger partial charge in [-0.2, -0.15) is 0 Å². The monoisotopic (exact) mass is 271 g/mol. The zero-order chi connectivity index (χ0) is 14.1. The minimum atomic E-state index is -0.400. The summed E-state index contributed by atoms with van der Waals surface area (Å²) < 4.78 is 18.7. The molecule has 100 valence electrons. The van der Waals surface area contributed by atoms with Crippen LogP contribution < -0.4 is 10.3 Å². The predicted molar refractivity (Wildman–Crippen MR) is 71.4 cm³/mol. The number of nitrogens with zero attached hydrogens (tertiary/aromatic N) is 2. The topological polar surface area (TPSA) is 67.9 Å². The van der Waals surface area contributed by atoms with Crippen LogP contribution in [0.5, 0.6) is 11.5 Å². The Morgan fingerprint density at radius 3 is 2.95 bits per heavy atom. The number of ether oxygens (including phenoxy) is 1. The van der Waals surface area contributed by atoms with Gasteiger partial charge in [-0.05, 0) is 19.1 Å². The van der Waals surface area contributed by atoms with Gasteiger partial charge in [0.05, 0.1) is 0 Å². The summed E-state index contributed by atoms with van der Waals surface area (Å²) in [6.45, 7) is 1.60. The first kappa shape index (κ1) is 12.3. The molecule has 3 rings (SSSR count). The van der Waals surface area contributed by atoms with Gasteiger partial charge in [-0.3, -0.25) is 4.79 Å². The lowest BCUT2D eigenvalue weighted by Crippen LogP contribution is -2.12. The van der Waals surface area contributed by atoms with E-state index in [4.69, 9.17) is 4.74 Å². The van der Waals surface area contributed by atoms with Gasteiger partial charge in [0.1, 0.15) is 22.8 Å². The molecule has 0 bridgehead atoms. The highest BCUT2D eigenvalue weighted by atomic mass is 19.1. The van der Waals surface area contributed by atoms with Crippen molar-refractivity contribution in [3.8, 4) is 11.5 Å². The molecule has 3 aromatic rings. The first-order valence-electron chi connectivity index (χ1n) is 5.92. The van der Waals surface area contributed by atoms with Crippen molar-refractivity contribution in [3.63, 3.8) is 0 Å². The normalized spacial score (nSPS) is 10.7. The summed E-state index contributed by atoms with van der Waals surface area (Å²) in [6, 6.07) is 7.32. The van der Waals surface area contributed by atoms with Gasteiger partial charge in [-0.15, -0.1) is 0 Å². The Kier molecular flexibility index (Phi) is 2.90. The zero-order valence-corrected chi connectivity index (χ0v) is 10.6. The van der Waals surface area contributed by atoms with Crippen LogP contribution in [0.2, 0.25) is 0 Å². The van der Waals surface area contributed by atoms with E-state index in [0.717, 1.165) is 0 Å². The van der Waals surface area contributed by atoms with Crippen molar-refractivity contribution in [2.45, 2.75) is 6.92 Å². The molecule has 0 saturated carbocycles. The lowest BCUT2D eigenvalue weighted by atomic mass is 10.3. The lowest BCUT2D eigenvalue weighted by Gasteiger charge is -2.08. The molecule has 2 heterocycles. The van der Waals surface area contributed by atoms with Crippen LogP contribution in [0.25, 0.3) is 11.2 Å². The molecule has 2 aromatic heterocycles. The van der Waals surface area contributed by atoms with E-state index in [1.165, 1.54) is 18.3 Å². The molecule has 0 fully saturated rings. The molecule has 1 aromatic carbocycles. The van der Waals surface area contributed by atoms with E-state index in [9.17, 15) is 9.18 Å². The standard InChI is InChI=1S/C14H10FN3O2/c1-8-14(19)18-12-11(5-6-16-13(12)17-8)20-10-4-2-3-9(15)7-10/h2-7H,1H3,(H,18,19). The van der Waals surface area contributed by atoms with Gasteiger partial charge in [0.15, 0.2) is 11.4 Å². The molecule has 6 heteroatoms. The van der Waals surface area contributed by atoms with Gasteiger partial charge in [0.2, 0.25) is 0 Å². The van der Waals surface area contributed by atoms with E-state index in [1.807, 2.05) is 0 Å². The molecule has 0 unspecified atom stereocenters. The first-order chi connectivity index (χ1) is 9.63. The van der Waals surface area contributed by atoms with Crippen molar-refractivity contribution in [2.24, 2.45) is 0 Å². The maximum Gasteiger partial charge on any atom is 0.270 e. The summed E-state index contributed by atoms with van der Waals surface area (Å²) in [5.41, 5.74) is 0.769. The van der Waals surface area contributed by atoms with Gasteiger partial charge in [0.25, 0.3) is 5.56 Å². The zero-order valence-electron chi connectivity index (χ0n) is 10.6. The van der Waals surface area contributed by atoms with Crippen LogP contribution >= 0.6 is 0 Å². The van der Waals surface area contributed by atoms with E-state index < -0.39 is 5.82 Å². The fourth-order valence-electron chi connectivity index (χ4n) is 1.79. The van der Waals surface area contributed by atoms with E-state index in [-0.39, 0.29) is 5.56 Å². The van der Waals surface area contributed by atoms with Crippen LogP contribution in [0.15, 0.2) is 41.3 Å². The summed E-state index contributed by atoms with van der Waals surface area (Å²) in [6.07, 6.45) is 1.52. The fourth-order valence-corrected chi connectivity index (χ4v) is 1.79. The van der Waals surface area contributed by atoms with E-state index in [0.29, 0.717) is 28.4 Å². The van der Waals surface area contributed by atoms with Gasteiger partial charge in [0, 0.05) is 18.3 Å². The summed E-state index contributed by atoms with van der Waals surface area (Å²) in [5.74, 6) is 0.299. The number of benzene rings is 1. The van der Waals surface area contributed by atoms with Crippen molar-refractivity contribution >= 4 is 11.2 Å². The molecule has 0 saturated heterocycles. The number of fused-ring (bicyclic) bond motifs is 1. The van der Waals surface area contributed by atoms with Gasteiger partial charge in [-0.25, -0.2) is 14.4 Å². The molecular formula is C14H10FN3O2. The Bertz CT molecular complexity index is 845. The third kappa shape index (κ3) is 2.23. The predicted octanol–water partition coefficient (Wildman–Crippen LogP) is 2.56. The van der Waals surface area contributed by atoms with Crippen molar-refractivity contribution in [3.05, 3.63) is 58.4 Å². The first-order valence-corrected chi connectivity index (χ1v) is 5.92. The largest absolute Gasteiger partial charge is 0.455 e. The Morgan fingerprint density at radius 2 is 2.15 bits per heavy atom. The van der Waals surface area contributed by atoms with Crippen LogP contribution in [0.4, 0.5) is 4.39 Å². The average molecular weight is 271 g/mol. The number of hydrogen-bond acceptors (Lipinski definition) is 4. The second-order valence-electron chi connectivity index (χ2n) is 4.22. The summed E-state index contributed by atoms with van der Waals surface area (Å²) in [4.78, 5) is 22.4. The van der Waals surface area contributed by atoms with Crippen LogP contribution in [-0.2, 0) is 0 Å². The second kappa shape index (κ2) is 4.73. The number of pyridine rings is 1. The summed E-state index contributed by atoms with van der Waals surface area (Å²) >= 11 is 0. The van der Waals surface area contributed by atoms with Crippen LogP contribution in [0.1, 0.15) is 5.69 Å². The Labute approximate surface area is 113 Å². The number of rotatable bonds is 2. The van der Waals surface area contributed by atoms with Crippen molar-refractivity contribution < 1.29 is 9.13 Å². The molecule has 0 spiro atoms. The highest BCUT2D eigenvalue weighted by molar-refractivity contribution is 5.77. The Balaban J connectivity index is 2.12. The lowest BCUT2D eigenvalue weighted by molar-refractivity contribution is 0.480. The molecule has 20 heavy (non-hydrogen) atoms. The molecule has 0 aliphatic rings. The number of hydrogen-bond donors (Lipinski definition) is 1. The van der Waals surface area contributed by atoms with Gasteiger partial charge < -0.3 is 9.72 Å². The Morgan fingerprint density at radius 1 is 1.30 bits per heavy atom. The maximum absolute atomic E-state index is 13.1. The summed E-state index contributed by atoms with van der Waals surface area (Å²) in [5, 5.41) is 0. The fraction of sp³-hybridized carbons (Fsp3) is 0.0714. The molecule has 0 atom stereocenters. The van der Waals surface area contributed by atoms with Gasteiger partial charge in [-0.1, -0.05) is 6.07 Å². The summed E-state index contributed by atoms with van der Waals surface area (Å²) in [7, 11) is 0. The van der Waals surface area contributed by atoms with Crippen LogP contribution in [0.3, 0.4) is 0 Å². The number of aromatic nitrogens is 3. The quantitative estimate of drug-likeness (QED) is 0.777. The number of aromatic amines is 1. The van der Waals surface area contributed by atoms with Crippen molar-refractivity contribution in [1.29, 1.82) is 0 Å². The van der Waals surface area contributed by atoms with Crippen molar-refractivity contribution in [1.82, 2.24) is 15.0 Å². The maximum atomic E-state index is 13.1. The average Bonchev–Trinajstić information content (AvgIpc) is 2.41. The van der Waals surface area contributed by atoms with Crippen LogP contribution in [0, 0.1) is 12.7 Å². The molecular weight excluding hydrogens is 261 g/mol.